The highest BCUT2D eigenvalue weighted by Crippen LogP contribution is 2.29. The number of hydrogen-bond acceptors (Lipinski definition) is 4. The van der Waals surface area contributed by atoms with Crippen LogP contribution in [0.2, 0.25) is 0 Å². The minimum Gasteiger partial charge on any atom is -0.348 e. The first kappa shape index (κ1) is 18.0. The molecule has 1 aromatic carbocycles. The monoisotopic (exact) mass is 359 g/mol. The van der Waals surface area contributed by atoms with E-state index in [1.807, 2.05) is 6.07 Å². The van der Waals surface area contributed by atoms with Gasteiger partial charge >= 0.3 is 0 Å². The van der Waals surface area contributed by atoms with E-state index >= 15 is 0 Å². The minimum atomic E-state index is -3.27. The van der Waals surface area contributed by atoms with Crippen molar-refractivity contribution in [1.82, 2.24) is 10.6 Å². The van der Waals surface area contributed by atoms with E-state index in [0.29, 0.717) is 17.8 Å². The van der Waals surface area contributed by atoms with Gasteiger partial charge in [0.2, 0.25) is 10.0 Å². The van der Waals surface area contributed by atoms with Crippen molar-refractivity contribution in [2.45, 2.75) is 25.3 Å². The Hall–Kier alpha value is -1.31. The summed E-state index contributed by atoms with van der Waals surface area (Å²) in [4.78, 5) is 12.3. The molecule has 0 aromatic heterocycles. The quantitative estimate of drug-likeness (QED) is 0.841. The Bertz CT molecular complexity index is 687. The summed E-state index contributed by atoms with van der Waals surface area (Å²) in [5.41, 5.74) is 2.22. The van der Waals surface area contributed by atoms with E-state index in [0.717, 1.165) is 37.9 Å². The number of fused-ring (bicyclic) bond motifs is 1. The van der Waals surface area contributed by atoms with Gasteiger partial charge < -0.3 is 10.6 Å². The van der Waals surface area contributed by atoms with Crippen LogP contribution in [0, 0.1) is 0 Å². The van der Waals surface area contributed by atoms with Crippen molar-refractivity contribution in [3.8, 4) is 0 Å². The lowest BCUT2D eigenvalue weighted by Gasteiger charge is -2.29. The molecule has 2 heterocycles. The number of amides is 1. The molecule has 0 saturated carbocycles. The standard InChI is InChI=1S/C15H21N3O3S.ClH/c1-22(20,21)18-8-2-3-11-9-12(4-5-14(11)18)15(19)17-13-6-7-16-10-13;/h4-5,9,13,16H,2-3,6-8,10H2,1H3,(H,17,19);1H. The Balaban J connectivity index is 0.00000192. The van der Waals surface area contributed by atoms with Crippen LogP contribution in [0.1, 0.15) is 28.8 Å². The molecular formula is C15H22ClN3O3S. The Morgan fingerprint density at radius 2 is 2.17 bits per heavy atom. The van der Waals surface area contributed by atoms with E-state index in [1.54, 1.807) is 12.1 Å². The number of anilines is 1. The van der Waals surface area contributed by atoms with E-state index in [9.17, 15) is 13.2 Å². The molecular weight excluding hydrogens is 338 g/mol. The number of nitrogens with zero attached hydrogens (tertiary/aromatic N) is 1. The fourth-order valence-corrected chi connectivity index (χ4v) is 4.09. The first-order valence-corrected chi connectivity index (χ1v) is 9.42. The van der Waals surface area contributed by atoms with Crippen molar-refractivity contribution >= 4 is 34.0 Å². The van der Waals surface area contributed by atoms with Crippen molar-refractivity contribution < 1.29 is 13.2 Å². The summed E-state index contributed by atoms with van der Waals surface area (Å²) >= 11 is 0. The van der Waals surface area contributed by atoms with Crippen LogP contribution in [0.3, 0.4) is 0 Å². The molecule has 2 aliphatic heterocycles. The molecule has 0 bridgehead atoms. The number of hydrogen-bond donors (Lipinski definition) is 2. The van der Waals surface area contributed by atoms with Crippen LogP contribution in [-0.4, -0.2) is 46.3 Å². The largest absolute Gasteiger partial charge is 0.348 e. The molecule has 0 radical (unpaired) electrons. The minimum absolute atomic E-state index is 0. The van der Waals surface area contributed by atoms with Gasteiger partial charge in [0.1, 0.15) is 0 Å². The maximum atomic E-state index is 12.3. The van der Waals surface area contributed by atoms with E-state index < -0.39 is 10.0 Å². The molecule has 1 amide bonds. The van der Waals surface area contributed by atoms with Gasteiger partial charge in [0.15, 0.2) is 0 Å². The van der Waals surface area contributed by atoms with E-state index in [2.05, 4.69) is 10.6 Å². The SMILES string of the molecule is CS(=O)(=O)N1CCCc2cc(C(=O)NC3CCNC3)ccc21.Cl. The van der Waals surface area contributed by atoms with Crippen molar-refractivity contribution in [2.75, 3.05) is 30.2 Å². The molecule has 1 saturated heterocycles. The van der Waals surface area contributed by atoms with E-state index in [1.165, 1.54) is 10.6 Å². The second-order valence-corrected chi connectivity index (χ2v) is 7.85. The van der Waals surface area contributed by atoms with Crippen LogP contribution in [0.4, 0.5) is 5.69 Å². The van der Waals surface area contributed by atoms with E-state index in [4.69, 9.17) is 0 Å². The number of rotatable bonds is 3. The maximum Gasteiger partial charge on any atom is 0.251 e. The Morgan fingerprint density at radius 1 is 1.39 bits per heavy atom. The zero-order chi connectivity index (χ0) is 15.7. The van der Waals surface area contributed by atoms with Crippen molar-refractivity contribution in [3.05, 3.63) is 29.3 Å². The second kappa shape index (κ2) is 7.07. The lowest BCUT2D eigenvalue weighted by atomic mass is 10.0. The van der Waals surface area contributed by atoms with Crippen LogP contribution in [-0.2, 0) is 16.4 Å². The van der Waals surface area contributed by atoms with Gasteiger partial charge in [0.25, 0.3) is 5.91 Å². The van der Waals surface area contributed by atoms with Crippen molar-refractivity contribution in [1.29, 1.82) is 0 Å². The molecule has 6 nitrogen and oxygen atoms in total. The molecule has 1 atom stereocenters. The molecule has 1 aromatic rings. The summed E-state index contributed by atoms with van der Waals surface area (Å²) in [6.07, 6.45) is 3.74. The van der Waals surface area contributed by atoms with Crippen LogP contribution < -0.4 is 14.9 Å². The Kier molecular flexibility index (Phi) is 5.54. The fraction of sp³-hybridized carbons (Fsp3) is 0.533. The third-order valence-electron chi connectivity index (χ3n) is 4.21. The van der Waals surface area contributed by atoms with Crippen LogP contribution in [0.15, 0.2) is 18.2 Å². The third kappa shape index (κ3) is 3.97. The highest BCUT2D eigenvalue weighted by molar-refractivity contribution is 7.92. The van der Waals surface area contributed by atoms with Crippen LogP contribution >= 0.6 is 12.4 Å². The summed E-state index contributed by atoms with van der Waals surface area (Å²) in [6, 6.07) is 5.46. The molecule has 23 heavy (non-hydrogen) atoms. The van der Waals surface area contributed by atoms with Gasteiger partial charge in [-0.25, -0.2) is 8.42 Å². The third-order valence-corrected chi connectivity index (χ3v) is 5.39. The summed E-state index contributed by atoms with van der Waals surface area (Å²) in [7, 11) is -3.27. The highest BCUT2D eigenvalue weighted by Gasteiger charge is 2.25. The maximum absolute atomic E-state index is 12.3. The number of nitrogens with one attached hydrogen (secondary N) is 2. The average molecular weight is 360 g/mol. The fourth-order valence-electron chi connectivity index (χ4n) is 3.09. The van der Waals surface area contributed by atoms with Crippen LogP contribution in [0.25, 0.3) is 0 Å². The lowest BCUT2D eigenvalue weighted by molar-refractivity contribution is 0.0940. The molecule has 0 aliphatic carbocycles. The predicted octanol–water partition coefficient (Wildman–Crippen LogP) is 0.912. The molecule has 0 spiro atoms. The summed E-state index contributed by atoms with van der Waals surface area (Å²) in [6.45, 7) is 2.24. The summed E-state index contributed by atoms with van der Waals surface area (Å²) in [5, 5.41) is 6.22. The van der Waals surface area contributed by atoms with Gasteiger partial charge in [0, 0.05) is 24.7 Å². The topological polar surface area (TPSA) is 78.5 Å². The van der Waals surface area contributed by atoms with Gasteiger partial charge in [-0.1, -0.05) is 0 Å². The zero-order valence-electron chi connectivity index (χ0n) is 13.0. The number of benzene rings is 1. The summed E-state index contributed by atoms with van der Waals surface area (Å²) in [5.74, 6) is -0.0898. The van der Waals surface area contributed by atoms with Gasteiger partial charge in [-0.2, -0.15) is 0 Å². The number of carbonyl (C=O) groups excluding carboxylic acids is 1. The predicted molar refractivity (Wildman–Crippen MR) is 92.9 cm³/mol. The first-order chi connectivity index (χ1) is 10.4. The number of halogens is 1. The summed E-state index contributed by atoms with van der Waals surface area (Å²) < 4.78 is 25.1. The van der Waals surface area contributed by atoms with Crippen molar-refractivity contribution in [2.24, 2.45) is 0 Å². The smallest absolute Gasteiger partial charge is 0.251 e. The van der Waals surface area contributed by atoms with Gasteiger partial charge in [-0.15, -0.1) is 12.4 Å². The van der Waals surface area contributed by atoms with Gasteiger partial charge in [-0.3, -0.25) is 9.10 Å². The normalized spacial score (nSPS) is 20.6. The molecule has 2 N–H and O–H groups in total. The Labute approximate surface area is 143 Å². The van der Waals surface area contributed by atoms with Crippen LogP contribution in [0.5, 0.6) is 0 Å². The molecule has 1 fully saturated rings. The molecule has 8 heteroatoms. The Morgan fingerprint density at radius 3 is 2.83 bits per heavy atom. The number of sulfonamides is 1. The highest BCUT2D eigenvalue weighted by atomic mass is 35.5. The van der Waals surface area contributed by atoms with E-state index in [-0.39, 0.29) is 24.4 Å². The number of carbonyl (C=O) groups is 1. The van der Waals surface area contributed by atoms with Gasteiger partial charge in [-0.05, 0) is 49.6 Å². The number of aryl methyl sites for hydroxylation is 1. The zero-order valence-corrected chi connectivity index (χ0v) is 14.7. The molecule has 1 unspecified atom stereocenters. The lowest BCUT2D eigenvalue weighted by Crippen LogP contribution is -2.37. The average Bonchev–Trinajstić information content (AvgIpc) is 2.98. The molecule has 128 valence electrons. The molecule has 2 aliphatic rings. The first-order valence-electron chi connectivity index (χ1n) is 7.57. The van der Waals surface area contributed by atoms with Gasteiger partial charge in [0.05, 0.1) is 11.9 Å². The van der Waals surface area contributed by atoms with Crippen molar-refractivity contribution in [3.63, 3.8) is 0 Å². The molecule has 3 rings (SSSR count). The second-order valence-electron chi connectivity index (χ2n) is 5.95.